The molecule has 1 aromatic rings. The van der Waals surface area contributed by atoms with Gasteiger partial charge in [-0.1, -0.05) is 25.5 Å². The lowest BCUT2D eigenvalue weighted by molar-refractivity contribution is -0.384. The number of hydrogen-bond acceptors (Lipinski definition) is 2. The molecule has 1 aromatic carbocycles. The summed E-state index contributed by atoms with van der Waals surface area (Å²) in [5, 5.41) is 10.4. The minimum atomic E-state index is -0.404. The van der Waals surface area contributed by atoms with Crippen molar-refractivity contribution in [2.24, 2.45) is 0 Å². The van der Waals surface area contributed by atoms with E-state index in [1.165, 1.54) is 12.1 Å². The predicted molar refractivity (Wildman–Crippen MR) is 56.6 cm³/mol. The molecule has 76 valence electrons. The fourth-order valence-electron chi connectivity index (χ4n) is 1.25. The predicted octanol–water partition coefficient (Wildman–Crippen LogP) is 3.67. The number of alkyl halides is 1. The SMILES string of the molecule is CCCC(Cl)c1cccc([N+](=O)[O-])c1. The molecule has 0 aliphatic heterocycles. The largest absolute Gasteiger partial charge is 0.269 e. The van der Waals surface area contributed by atoms with Gasteiger partial charge in [-0.15, -0.1) is 11.6 Å². The monoisotopic (exact) mass is 213 g/mol. The van der Waals surface area contributed by atoms with Crippen LogP contribution in [0.15, 0.2) is 24.3 Å². The molecule has 0 aliphatic rings. The summed E-state index contributed by atoms with van der Waals surface area (Å²) in [7, 11) is 0. The number of hydrogen-bond donors (Lipinski definition) is 0. The lowest BCUT2D eigenvalue weighted by atomic mass is 10.1. The lowest BCUT2D eigenvalue weighted by Gasteiger charge is -2.07. The molecule has 1 unspecified atom stereocenters. The first kappa shape index (κ1) is 11.0. The Kier molecular flexibility index (Phi) is 3.89. The first-order valence-corrected chi connectivity index (χ1v) is 4.97. The van der Waals surface area contributed by atoms with E-state index in [-0.39, 0.29) is 11.1 Å². The molecule has 0 amide bonds. The summed E-state index contributed by atoms with van der Waals surface area (Å²) < 4.78 is 0. The maximum absolute atomic E-state index is 10.5. The van der Waals surface area contributed by atoms with Crippen molar-refractivity contribution in [2.75, 3.05) is 0 Å². The van der Waals surface area contributed by atoms with Crippen LogP contribution in [0.1, 0.15) is 30.7 Å². The van der Waals surface area contributed by atoms with E-state index in [0.29, 0.717) is 0 Å². The van der Waals surface area contributed by atoms with E-state index in [4.69, 9.17) is 11.6 Å². The zero-order valence-electron chi connectivity index (χ0n) is 7.94. The van der Waals surface area contributed by atoms with Gasteiger partial charge in [0.2, 0.25) is 0 Å². The highest BCUT2D eigenvalue weighted by atomic mass is 35.5. The summed E-state index contributed by atoms with van der Waals surface area (Å²) >= 11 is 6.06. The standard InChI is InChI=1S/C10H12ClNO2/c1-2-4-10(11)8-5-3-6-9(7-8)12(13)14/h3,5-7,10H,2,4H2,1H3. The van der Waals surface area contributed by atoms with Crippen molar-refractivity contribution < 1.29 is 4.92 Å². The lowest BCUT2D eigenvalue weighted by Crippen LogP contribution is -1.93. The molecule has 0 aliphatic carbocycles. The molecule has 0 saturated carbocycles. The first-order chi connectivity index (χ1) is 6.65. The molecule has 1 atom stereocenters. The molecule has 0 heterocycles. The van der Waals surface area contributed by atoms with Gasteiger partial charge in [0.15, 0.2) is 0 Å². The Morgan fingerprint density at radius 3 is 2.86 bits per heavy atom. The van der Waals surface area contributed by atoms with Gasteiger partial charge in [0.25, 0.3) is 5.69 Å². The first-order valence-electron chi connectivity index (χ1n) is 4.53. The number of halogens is 1. The van der Waals surface area contributed by atoms with Crippen LogP contribution < -0.4 is 0 Å². The van der Waals surface area contributed by atoms with Gasteiger partial charge in [0.1, 0.15) is 0 Å². The van der Waals surface area contributed by atoms with Gasteiger partial charge in [-0.25, -0.2) is 0 Å². The van der Waals surface area contributed by atoms with Crippen molar-refractivity contribution in [1.29, 1.82) is 0 Å². The van der Waals surface area contributed by atoms with Crippen LogP contribution in [0.3, 0.4) is 0 Å². The summed E-state index contributed by atoms with van der Waals surface area (Å²) in [6, 6.07) is 6.49. The molecule has 14 heavy (non-hydrogen) atoms. The molecule has 0 fully saturated rings. The van der Waals surface area contributed by atoms with Crippen LogP contribution in [0.5, 0.6) is 0 Å². The van der Waals surface area contributed by atoms with Crippen LogP contribution in [0.25, 0.3) is 0 Å². The molecule has 0 N–H and O–H groups in total. The molecule has 0 saturated heterocycles. The van der Waals surface area contributed by atoms with E-state index >= 15 is 0 Å². The molecule has 0 spiro atoms. The smallest absolute Gasteiger partial charge is 0.258 e. The van der Waals surface area contributed by atoms with Gasteiger partial charge in [0.05, 0.1) is 10.3 Å². The third-order valence-electron chi connectivity index (χ3n) is 1.98. The summed E-state index contributed by atoms with van der Waals surface area (Å²) in [5.41, 5.74) is 0.923. The van der Waals surface area contributed by atoms with E-state index < -0.39 is 4.92 Å². The topological polar surface area (TPSA) is 43.1 Å². The van der Waals surface area contributed by atoms with E-state index in [1.54, 1.807) is 6.07 Å². The molecule has 0 radical (unpaired) electrons. The highest BCUT2D eigenvalue weighted by molar-refractivity contribution is 6.20. The van der Waals surface area contributed by atoms with Crippen LogP contribution in [0, 0.1) is 10.1 Å². The Labute approximate surface area is 87.8 Å². The Morgan fingerprint density at radius 1 is 1.57 bits per heavy atom. The Bertz CT molecular complexity index is 328. The number of nitro groups is 1. The van der Waals surface area contributed by atoms with Gasteiger partial charge in [-0.2, -0.15) is 0 Å². The number of nitrogens with zero attached hydrogens (tertiary/aromatic N) is 1. The number of benzene rings is 1. The van der Waals surface area contributed by atoms with Crippen molar-refractivity contribution in [3.05, 3.63) is 39.9 Å². The highest BCUT2D eigenvalue weighted by Gasteiger charge is 2.11. The zero-order valence-corrected chi connectivity index (χ0v) is 8.70. The quantitative estimate of drug-likeness (QED) is 0.435. The second-order valence-electron chi connectivity index (χ2n) is 3.11. The van der Waals surface area contributed by atoms with Crippen LogP contribution in [-0.4, -0.2) is 4.92 Å². The molecule has 0 aromatic heterocycles. The van der Waals surface area contributed by atoms with Gasteiger partial charge < -0.3 is 0 Å². The number of non-ortho nitro benzene ring substituents is 1. The second-order valence-corrected chi connectivity index (χ2v) is 3.64. The average molecular weight is 214 g/mol. The van der Waals surface area contributed by atoms with Gasteiger partial charge in [-0.05, 0) is 12.0 Å². The fraction of sp³-hybridized carbons (Fsp3) is 0.400. The fourth-order valence-corrected chi connectivity index (χ4v) is 1.61. The maximum atomic E-state index is 10.5. The Balaban J connectivity index is 2.87. The maximum Gasteiger partial charge on any atom is 0.269 e. The molecular formula is C10H12ClNO2. The minimum absolute atomic E-state index is 0.101. The minimum Gasteiger partial charge on any atom is -0.258 e. The summed E-state index contributed by atoms with van der Waals surface area (Å²) in [6.07, 6.45) is 1.81. The molecular weight excluding hydrogens is 202 g/mol. The molecule has 3 nitrogen and oxygen atoms in total. The van der Waals surface area contributed by atoms with Crippen molar-refractivity contribution in [1.82, 2.24) is 0 Å². The average Bonchev–Trinajstić information content (AvgIpc) is 2.18. The number of rotatable bonds is 4. The van der Waals surface area contributed by atoms with Crippen molar-refractivity contribution in [2.45, 2.75) is 25.1 Å². The second kappa shape index (κ2) is 4.96. The van der Waals surface area contributed by atoms with E-state index in [2.05, 4.69) is 0 Å². The zero-order chi connectivity index (χ0) is 10.6. The van der Waals surface area contributed by atoms with Gasteiger partial charge >= 0.3 is 0 Å². The molecule has 1 rings (SSSR count). The Morgan fingerprint density at radius 2 is 2.29 bits per heavy atom. The van der Waals surface area contributed by atoms with Crippen LogP contribution >= 0.6 is 11.6 Å². The van der Waals surface area contributed by atoms with Crippen LogP contribution in [0.4, 0.5) is 5.69 Å². The highest BCUT2D eigenvalue weighted by Crippen LogP contribution is 2.27. The summed E-state index contributed by atoms with van der Waals surface area (Å²) in [4.78, 5) is 10.1. The third kappa shape index (κ3) is 2.70. The molecule has 0 bridgehead atoms. The summed E-state index contributed by atoms with van der Waals surface area (Å²) in [6.45, 7) is 2.03. The van der Waals surface area contributed by atoms with Crippen molar-refractivity contribution in [3.8, 4) is 0 Å². The third-order valence-corrected chi connectivity index (χ3v) is 2.46. The van der Waals surface area contributed by atoms with E-state index in [1.807, 2.05) is 13.0 Å². The van der Waals surface area contributed by atoms with Gasteiger partial charge in [0, 0.05) is 12.1 Å². The van der Waals surface area contributed by atoms with E-state index in [9.17, 15) is 10.1 Å². The normalized spacial score (nSPS) is 12.4. The van der Waals surface area contributed by atoms with Crippen LogP contribution in [0.2, 0.25) is 0 Å². The summed E-state index contributed by atoms with van der Waals surface area (Å²) in [5.74, 6) is 0. The van der Waals surface area contributed by atoms with Crippen molar-refractivity contribution >= 4 is 17.3 Å². The number of nitro benzene ring substituents is 1. The Hall–Kier alpha value is -1.09. The van der Waals surface area contributed by atoms with Crippen molar-refractivity contribution in [3.63, 3.8) is 0 Å². The van der Waals surface area contributed by atoms with Gasteiger partial charge in [-0.3, -0.25) is 10.1 Å². The van der Waals surface area contributed by atoms with E-state index in [0.717, 1.165) is 18.4 Å². The molecule has 4 heteroatoms. The van der Waals surface area contributed by atoms with Crippen LogP contribution in [-0.2, 0) is 0 Å².